The average Bonchev–Trinajstić information content (AvgIpc) is 2.51. The fourth-order valence-electron chi connectivity index (χ4n) is 2.08. The van der Waals surface area contributed by atoms with Crippen molar-refractivity contribution in [1.29, 1.82) is 0 Å². The molecule has 2 aromatic rings. The van der Waals surface area contributed by atoms with Gasteiger partial charge in [0.2, 0.25) is 0 Å². The maximum Gasteiger partial charge on any atom is 0.416 e. The van der Waals surface area contributed by atoms with E-state index in [1.807, 2.05) is 32.0 Å². The highest BCUT2D eigenvalue weighted by atomic mass is 32.1. The normalized spacial score (nSPS) is 11.5. The number of thiocarbonyl (C=S) groups is 1. The summed E-state index contributed by atoms with van der Waals surface area (Å²) in [7, 11) is 0. The van der Waals surface area contributed by atoms with Crippen LogP contribution in [0.15, 0.2) is 47.6 Å². The molecule has 0 radical (unpaired) electrons. The van der Waals surface area contributed by atoms with Gasteiger partial charge >= 0.3 is 6.18 Å². The zero-order chi connectivity index (χ0) is 17.7. The second-order valence-corrected chi connectivity index (χ2v) is 5.62. The van der Waals surface area contributed by atoms with Gasteiger partial charge in [-0.1, -0.05) is 30.3 Å². The quantitative estimate of drug-likeness (QED) is 0.480. The molecule has 0 heterocycles. The van der Waals surface area contributed by atoms with E-state index in [9.17, 15) is 13.2 Å². The van der Waals surface area contributed by atoms with Crippen LogP contribution in [-0.4, -0.2) is 11.3 Å². The summed E-state index contributed by atoms with van der Waals surface area (Å²) in [6.45, 7) is 3.92. The molecule has 24 heavy (non-hydrogen) atoms. The number of benzene rings is 2. The molecule has 126 valence electrons. The Kier molecular flexibility index (Phi) is 5.56. The van der Waals surface area contributed by atoms with Crippen LogP contribution in [0.5, 0.6) is 0 Å². The molecule has 2 N–H and O–H groups in total. The third-order valence-corrected chi connectivity index (χ3v) is 3.53. The van der Waals surface area contributed by atoms with E-state index in [2.05, 4.69) is 15.8 Å². The van der Waals surface area contributed by atoms with Gasteiger partial charge in [-0.15, -0.1) is 0 Å². The summed E-state index contributed by atoms with van der Waals surface area (Å²) in [6, 6.07) is 10.6. The SMILES string of the molecule is Cc1cccc(C)c1NC(=S)N/N=C\c1ccc(C(F)(F)F)cc1. The number of nitrogens with one attached hydrogen (secondary N) is 2. The van der Waals surface area contributed by atoms with Crippen LogP contribution in [0, 0.1) is 13.8 Å². The third-order valence-electron chi connectivity index (χ3n) is 3.34. The summed E-state index contributed by atoms with van der Waals surface area (Å²) in [5, 5.41) is 7.28. The molecular weight excluding hydrogens is 335 g/mol. The van der Waals surface area contributed by atoms with Gasteiger partial charge in [-0.3, -0.25) is 5.43 Å². The molecule has 0 aromatic heterocycles. The van der Waals surface area contributed by atoms with E-state index in [1.54, 1.807) is 0 Å². The van der Waals surface area contributed by atoms with E-state index in [0.29, 0.717) is 10.7 Å². The van der Waals surface area contributed by atoms with Gasteiger partial charge in [0.05, 0.1) is 11.8 Å². The minimum absolute atomic E-state index is 0.301. The number of alkyl halides is 3. The highest BCUT2D eigenvalue weighted by Gasteiger charge is 2.29. The molecule has 0 fully saturated rings. The summed E-state index contributed by atoms with van der Waals surface area (Å²) in [5.41, 5.74) is 5.48. The highest BCUT2D eigenvalue weighted by Crippen LogP contribution is 2.28. The molecule has 0 saturated heterocycles. The molecule has 0 saturated carbocycles. The molecule has 3 nitrogen and oxygen atoms in total. The summed E-state index contributed by atoms with van der Waals surface area (Å²) in [6.07, 6.45) is -2.94. The van der Waals surface area contributed by atoms with Crippen LogP contribution in [-0.2, 0) is 6.18 Å². The van der Waals surface area contributed by atoms with E-state index in [0.717, 1.165) is 28.9 Å². The van der Waals surface area contributed by atoms with E-state index in [-0.39, 0.29) is 0 Å². The lowest BCUT2D eigenvalue weighted by molar-refractivity contribution is -0.137. The first-order valence-electron chi connectivity index (χ1n) is 7.11. The number of halogens is 3. The Morgan fingerprint density at radius 3 is 2.17 bits per heavy atom. The Labute approximate surface area is 143 Å². The maximum atomic E-state index is 12.5. The van der Waals surface area contributed by atoms with Crippen molar-refractivity contribution in [3.8, 4) is 0 Å². The van der Waals surface area contributed by atoms with Crippen molar-refractivity contribution < 1.29 is 13.2 Å². The lowest BCUT2D eigenvalue weighted by Gasteiger charge is -2.12. The van der Waals surface area contributed by atoms with Gasteiger partial charge in [-0.2, -0.15) is 18.3 Å². The minimum atomic E-state index is -4.34. The van der Waals surface area contributed by atoms with Crippen molar-refractivity contribution >= 4 is 29.2 Å². The molecule has 2 aromatic carbocycles. The van der Waals surface area contributed by atoms with Crippen molar-refractivity contribution in [2.45, 2.75) is 20.0 Å². The van der Waals surface area contributed by atoms with Crippen LogP contribution >= 0.6 is 12.2 Å². The summed E-state index contributed by atoms with van der Waals surface area (Å²) >= 11 is 5.16. The number of hydrogen-bond acceptors (Lipinski definition) is 2. The number of nitrogens with zero attached hydrogens (tertiary/aromatic N) is 1. The van der Waals surface area contributed by atoms with Crippen LogP contribution in [0.1, 0.15) is 22.3 Å². The van der Waals surface area contributed by atoms with Gasteiger partial charge in [0.25, 0.3) is 0 Å². The number of hydrogen-bond donors (Lipinski definition) is 2. The Morgan fingerprint density at radius 1 is 1.04 bits per heavy atom. The maximum absolute atomic E-state index is 12.5. The highest BCUT2D eigenvalue weighted by molar-refractivity contribution is 7.80. The number of rotatable bonds is 3. The van der Waals surface area contributed by atoms with Crippen LogP contribution in [0.2, 0.25) is 0 Å². The second-order valence-electron chi connectivity index (χ2n) is 5.21. The Morgan fingerprint density at radius 2 is 1.62 bits per heavy atom. The van der Waals surface area contributed by atoms with Gasteiger partial charge in [-0.25, -0.2) is 0 Å². The minimum Gasteiger partial charge on any atom is -0.331 e. The zero-order valence-electron chi connectivity index (χ0n) is 13.1. The molecule has 0 unspecified atom stereocenters. The van der Waals surface area contributed by atoms with Gasteiger partial charge < -0.3 is 5.32 Å². The molecule has 0 aliphatic rings. The Hall–Kier alpha value is -2.41. The van der Waals surface area contributed by atoms with Crippen molar-refractivity contribution in [2.24, 2.45) is 5.10 Å². The largest absolute Gasteiger partial charge is 0.416 e. The molecule has 0 aliphatic heterocycles. The predicted molar refractivity (Wildman–Crippen MR) is 94.3 cm³/mol. The molecule has 0 atom stereocenters. The van der Waals surface area contributed by atoms with E-state index >= 15 is 0 Å². The van der Waals surface area contributed by atoms with Crippen LogP contribution in [0.3, 0.4) is 0 Å². The number of anilines is 1. The lowest BCUT2D eigenvalue weighted by Crippen LogP contribution is -2.24. The fraction of sp³-hybridized carbons (Fsp3) is 0.176. The predicted octanol–water partition coefficient (Wildman–Crippen LogP) is 4.64. The van der Waals surface area contributed by atoms with E-state index in [1.165, 1.54) is 18.3 Å². The van der Waals surface area contributed by atoms with Crippen molar-refractivity contribution in [3.05, 3.63) is 64.7 Å². The Bertz CT molecular complexity index is 732. The topological polar surface area (TPSA) is 36.4 Å². The molecule has 2 rings (SSSR count). The van der Waals surface area contributed by atoms with Gasteiger partial charge in [-0.05, 0) is 54.9 Å². The smallest absolute Gasteiger partial charge is 0.331 e. The van der Waals surface area contributed by atoms with E-state index in [4.69, 9.17) is 12.2 Å². The van der Waals surface area contributed by atoms with Crippen LogP contribution in [0.4, 0.5) is 18.9 Å². The fourth-order valence-corrected chi connectivity index (χ4v) is 2.23. The van der Waals surface area contributed by atoms with E-state index < -0.39 is 11.7 Å². The lowest BCUT2D eigenvalue weighted by atomic mass is 10.1. The molecule has 7 heteroatoms. The van der Waals surface area contributed by atoms with Gasteiger partial charge in [0, 0.05) is 5.69 Å². The standard InChI is InChI=1S/C17H16F3N3S/c1-11-4-3-5-12(2)15(11)22-16(24)23-21-10-13-6-8-14(9-7-13)17(18,19)20/h3-10H,1-2H3,(H2,22,23,24)/b21-10-. The van der Waals surface area contributed by atoms with Crippen molar-refractivity contribution in [1.82, 2.24) is 5.43 Å². The molecule has 0 amide bonds. The second kappa shape index (κ2) is 7.44. The summed E-state index contributed by atoms with van der Waals surface area (Å²) in [4.78, 5) is 0. The first-order valence-corrected chi connectivity index (χ1v) is 7.52. The molecular formula is C17H16F3N3S. The number of para-hydroxylation sites is 1. The molecule has 0 bridgehead atoms. The summed E-state index contributed by atoms with van der Waals surface area (Å²) in [5.74, 6) is 0. The van der Waals surface area contributed by atoms with Gasteiger partial charge in [0.1, 0.15) is 0 Å². The monoisotopic (exact) mass is 351 g/mol. The average molecular weight is 351 g/mol. The van der Waals surface area contributed by atoms with Crippen molar-refractivity contribution in [2.75, 3.05) is 5.32 Å². The third kappa shape index (κ3) is 4.79. The van der Waals surface area contributed by atoms with Gasteiger partial charge in [0.15, 0.2) is 5.11 Å². The first kappa shape index (κ1) is 17.9. The zero-order valence-corrected chi connectivity index (χ0v) is 13.9. The molecule has 0 spiro atoms. The number of aryl methyl sites for hydroxylation is 2. The molecule has 0 aliphatic carbocycles. The Balaban J connectivity index is 1.95. The van der Waals surface area contributed by atoms with Crippen molar-refractivity contribution in [3.63, 3.8) is 0 Å². The van der Waals surface area contributed by atoms with Crippen LogP contribution in [0.25, 0.3) is 0 Å². The summed E-state index contributed by atoms with van der Waals surface area (Å²) < 4.78 is 37.4. The number of hydrazone groups is 1. The van der Waals surface area contributed by atoms with Crippen LogP contribution < -0.4 is 10.7 Å². The first-order chi connectivity index (χ1) is 11.3.